The molecule has 1 aliphatic carbocycles. The Morgan fingerprint density at radius 3 is 2.78 bits per heavy atom. The lowest BCUT2D eigenvalue weighted by Gasteiger charge is -2.16. The lowest BCUT2D eigenvalue weighted by atomic mass is 10.00. The third-order valence-electron chi connectivity index (χ3n) is 5.09. The van der Waals surface area contributed by atoms with E-state index >= 15 is 0 Å². The molecule has 1 aliphatic rings. The van der Waals surface area contributed by atoms with E-state index in [0.29, 0.717) is 16.8 Å². The number of aromatic nitrogens is 2. The molecule has 0 spiro atoms. The van der Waals surface area contributed by atoms with Crippen LogP contribution in [0.3, 0.4) is 0 Å². The van der Waals surface area contributed by atoms with Gasteiger partial charge < -0.3 is 10.3 Å². The van der Waals surface area contributed by atoms with Gasteiger partial charge in [-0.1, -0.05) is 42.5 Å². The third kappa shape index (κ3) is 2.29. The molecule has 4 aromatic rings. The molecular weight excluding hydrogens is 338 g/mol. The van der Waals surface area contributed by atoms with Gasteiger partial charge in [0.25, 0.3) is 5.91 Å². The van der Waals surface area contributed by atoms with Crippen molar-refractivity contribution in [3.63, 3.8) is 0 Å². The zero-order valence-corrected chi connectivity index (χ0v) is 14.3. The van der Waals surface area contributed by atoms with Crippen molar-refractivity contribution >= 4 is 23.2 Å². The van der Waals surface area contributed by atoms with E-state index in [-0.39, 0.29) is 11.9 Å². The minimum atomic E-state index is -0.300. The molecule has 2 aromatic carbocycles. The molecule has 5 heteroatoms. The first-order chi connectivity index (χ1) is 13.3. The van der Waals surface area contributed by atoms with Gasteiger partial charge in [0.05, 0.1) is 11.6 Å². The molecule has 1 atom stereocenters. The molecule has 5 rings (SSSR count). The zero-order valence-electron chi connectivity index (χ0n) is 14.3. The first-order valence-electron chi connectivity index (χ1n) is 8.68. The van der Waals surface area contributed by atoms with Crippen LogP contribution in [-0.4, -0.2) is 22.2 Å². The van der Waals surface area contributed by atoms with Crippen LogP contribution in [-0.2, 0) is 0 Å². The molecule has 27 heavy (non-hydrogen) atoms. The number of hydrogen-bond donors (Lipinski definition) is 2. The first-order valence-corrected chi connectivity index (χ1v) is 8.68. The highest BCUT2D eigenvalue weighted by Gasteiger charge is 2.31. The standard InChI is InChI=1S/C22H15N3O2/c26-12-13-4-3-7-18-19(13)14-5-1-2-6-15(14)20(18)25-22(27)17-9-11-24-21-16(17)8-10-23-21/h1-12,20H,(H,23,24)(H,25,27). The summed E-state index contributed by atoms with van der Waals surface area (Å²) >= 11 is 0. The smallest absolute Gasteiger partial charge is 0.252 e. The molecule has 1 amide bonds. The number of H-pyrrole nitrogens is 1. The molecular formula is C22H15N3O2. The maximum absolute atomic E-state index is 13.1. The summed E-state index contributed by atoms with van der Waals surface area (Å²) in [6, 6.07) is 16.8. The van der Waals surface area contributed by atoms with Crippen LogP contribution in [0.15, 0.2) is 67.0 Å². The maximum Gasteiger partial charge on any atom is 0.252 e. The fraction of sp³-hybridized carbons (Fsp3) is 0.0455. The molecule has 130 valence electrons. The summed E-state index contributed by atoms with van der Waals surface area (Å²) < 4.78 is 0. The van der Waals surface area contributed by atoms with Gasteiger partial charge in [-0.05, 0) is 34.4 Å². The number of aromatic amines is 1. The Morgan fingerprint density at radius 2 is 1.89 bits per heavy atom. The average Bonchev–Trinajstić information content (AvgIpc) is 3.31. The van der Waals surface area contributed by atoms with E-state index in [0.717, 1.165) is 33.9 Å². The van der Waals surface area contributed by atoms with Crippen LogP contribution in [0.4, 0.5) is 0 Å². The summed E-state index contributed by atoms with van der Waals surface area (Å²) in [7, 11) is 0. The van der Waals surface area contributed by atoms with E-state index in [9.17, 15) is 9.59 Å². The Hall–Kier alpha value is -3.73. The molecule has 0 aliphatic heterocycles. The van der Waals surface area contributed by atoms with Gasteiger partial charge in [-0.15, -0.1) is 0 Å². The molecule has 5 nitrogen and oxygen atoms in total. The quantitative estimate of drug-likeness (QED) is 0.549. The van der Waals surface area contributed by atoms with Gasteiger partial charge in [-0.3, -0.25) is 9.59 Å². The van der Waals surface area contributed by atoms with Crippen molar-refractivity contribution in [1.82, 2.24) is 15.3 Å². The van der Waals surface area contributed by atoms with Crippen LogP contribution in [0.25, 0.3) is 22.2 Å². The minimum Gasteiger partial charge on any atom is -0.346 e. The van der Waals surface area contributed by atoms with Crippen molar-refractivity contribution in [3.8, 4) is 11.1 Å². The van der Waals surface area contributed by atoms with E-state index in [1.165, 1.54) is 0 Å². The van der Waals surface area contributed by atoms with Crippen LogP contribution < -0.4 is 5.32 Å². The Balaban J connectivity index is 1.61. The Bertz CT molecular complexity index is 1210. The number of amides is 1. The summed E-state index contributed by atoms with van der Waals surface area (Å²) in [4.78, 5) is 31.9. The van der Waals surface area contributed by atoms with E-state index in [4.69, 9.17) is 0 Å². The number of carbonyl (C=O) groups excluding carboxylic acids is 2. The highest BCUT2D eigenvalue weighted by molar-refractivity contribution is 6.06. The van der Waals surface area contributed by atoms with Crippen molar-refractivity contribution in [2.45, 2.75) is 6.04 Å². The number of fused-ring (bicyclic) bond motifs is 4. The minimum absolute atomic E-state index is 0.175. The van der Waals surface area contributed by atoms with Gasteiger partial charge >= 0.3 is 0 Å². The summed E-state index contributed by atoms with van der Waals surface area (Å²) in [5.41, 5.74) is 5.70. The maximum atomic E-state index is 13.1. The Labute approximate surface area is 155 Å². The highest BCUT2D eigenvalue weighted by atomic mass is 16.1. The zero-order chi connectivity index (χ0) is 18.4. The number of pyridine rings is 1. The van der Waals surface area contributed by atoms with Crippen molar-refractivity contribution in [3.05, 3.63) is 89.2 Å². The molecule has 0 fully saturated rings. The predicted molar refractivity (Wildman–Crippen MR) is 103 cm³/mol. The van der Waals surface area contributed by atoms with Crippen LogP contribution in [0, 0.1) is 0 Å². The molecule has 2 aromatic heterocycles. The molecule has 0 radical (unpaired) electrons. The second kappa shape index (κ2) is 5.92. The highest BCUT2D eigenvalue weighted by Crippen LogP contribution is 2.44. The molecule has 2 heterocycles. The topological polar surface area (TPSA) is 74.8 Å². The predicted octanol–water partition coefficient (Wildman–Crippen LogP) is 3.88. The molecule has 0 saturated carbocycles. The summed E-state index contributed by atoms with van der Waals surface area (Å²) in [6.07, 6.45) is 4.26. The van der Waals surface area contributed by atoms with Crippen molar-refractivity contribution in [2.24, 2.45) is 0 Å². The largest absolute Gasteiger partial charge is 0.346 e. The fourth-order valence-electron chi connectivity index (χ4n) is 3.91. The van der Waals surface area contributed by atoms with Crippen molar-refractivity contribution < 1.29 is 9.59 Å². The van der Waals surface area contributed by atoms with Crippen LogP contribution >= 0.6 is 0 Å². The number of aldehydes is 1. The number of nitrogens with zero attached hydrogens (tertiary/aromatic N) is 1. The lowest BCUT2D eigenvalue weighted by Crippen LogP contribution is -2.28. The second-order valence-electron chi connectivity index (χ2n) is 6.52. The van der Waals surface area contributed by atoms with Crippen molar-refractivity contribution in [2.75, 3.05) is 0 Å². The number of benzene rings is 2. The summed E-state index contributed by atoms with van der Waals surface area (Å²) in [5.74, 6) is -0.175. The lowest BCUT2D eigenvalue weighted by molar-refractivity contribution is 0.0945. The number of hydrogen-bond acceptors (Lipinski definition) is 3. The van der Waals surface area contributed by atoms with Gasteiger partial charge in [-0.2, -0.15) is 0 Å². The molecule has 1 unspecified atom stereocenters. The van der Waals surface area contributed by atoms with Gasteiger partial charge in [0.2, 0.25) is 0 Å². The molecule has 2 N–H and O–H groups in total. The SMILES string of the molecule is O=Cc1cccc2c1-c1ccccc1C2NC(=O)c1ccnc2[nH]ccc12. The second-order valence-corrected chi connectivity index (χ2v) is 6.52. The number of nitrogens with one attached hydrogen (secondary N) is 2. The molecule has 0 saturated heterocycles. The van der Waals surface area contributed by atoms with E-state index in [1.54, 1.807) is 24.5 Å². The van der Waals surface area contributed by atoms with E-state index in [2.05, 4.69) is 15.3 Å². The first kappa shape index (κ1) is 15.5. The normalized spacial score (nSPS) is 14.6. The van der Waals surface area contributed by atoms with Crippen LogP contribution in [0.1, 0.15) is 37.9 Å². The van der Waals surface area contributed by atoms with Crippen molar-refractivity contribution in [1.29, 1.82) is 0 Å². The third-order valence-corrected chi connectivity index (χ3v) is 5.09. The van der Waals surface area contributed by atoms with Crippen LogP contribution in [0.5, 0.6) is 0 Å². The average molecular weight is 353 g/mol. The van der Waals surface area contributed by atoms with Crippen LogP contribution in [0.2, 0.25) is 0 Å². The summed E-state index contributed by atoms with van der Waals surface area (Å²) in [5, 5.41) is 3.92. The van der Waals surface area contributed by atoms with Gasteiger partial charge in [-0.25, -0.2) is 4.98 Å². The Kier molecular flexibility index (Phi) is 3.40. The van der Waals surface area contributed by atoms with E-state index < -0.39 is 0 Å². The van der Waals surface area contributed by atoms with E-state index in [1.807, 2.05) is 42.5 Å². The monoisotopic (exact) mass is 353 g/mol. The number of rotatable bonds is 3. The van der Waals surface area contributed by atoms with Gasteiger partial charge in [0.15, 0.2) is 6.29 Å². The van der Waals surface area contributed by atoms with Gasteiger partial charge in [0.1, 0.15) is 5.65 Å². The Morgan fingerprint density at radius 1 is 1.04 bits per heavy atom. The molecule has 0 bridgehead atoms. The van der Waals surface area contributed by atoms with Gasteiger partial charge in [0, 0.05) is 23.3 Å². The summed E-state index contributed by atoms with van der Waals surface area (Å²) in [6.45, 7) is 0. The number of carbonyl (C=O) groups is 2. The fourth-order valence-corrected chi connectivity index (χ4v) is 3.91.